The highest BCUT2D eigenvalue weighted by Crippen LogP contribution is 2.33. The largest absolute Gasteiger partial charge is 0.357 e. The summed E-state index contributed by atoms with van der Waals surface area (Å²) in [6.45, 7) is 1.67. The standard InChI is InChI=1S/C19H20N2O2S/c22-24(23,16-10-5-2-6-11-16)18-12-7-13-21-14-17(20-19(18)21)15-8-3-1-4-9-15/h1-6,8-11,17-18H,7,12-14H2. The van der Waals surface area contributed by atoms with Gasteiger partial charge in [0.2, 0.25) is 0 Å². The molecular weight excluding hydrogens is 320 g/mol. The highest BCUT2D eigenvalue weighted by molar-refractivity contribution is 7.92. The van der Waals surface area contributed by atoms with Gasteiger partial charge in [-0.15, -0.1) is 0 Å². The molecule has 2 heterocycles. The highest BCUT2D eigenvalue weighted by Gasteiger charge is 2.41. The van der Waals surface area contributed by atoms with Crippen molar-refractivity contribution >= 4 is 15.7 Å². The first-order valence-corrected chi connectivity index (χ1v) is 9.87. The lowest BCUT2D eigenvalue weighted by Gasteiger charge is -2.31. The van der Waals surface area contributed by atoms with Crippen LogP contribution in [-0.2, 0) is 9.84 Å². The summed E-state index contributed by atoms with van der Waals surface area (Å²) >= 11 is 0. The second-order valence-corrected chi connectivity index (χ2v) is 8.48. The quantitative estimate of drug-likeness (QED) is 0.863. The summed E-state index contributed by atoms with van der Waals surface area (Å²) in [6, 6.07) is 18.9. The van der Waals surface area contributed by atoms with Crippen LogP contribution in [0.1, 0.15) is 24.4 Å². The molecule has 0 bridgehead atoms. The Hall–Kier alpha value is -2.14. The molecule has 2 aromatic rings. The fourth-order valence-electron chi connectivity index (χ4n) is 3.60. The average Bonchev–Trinajstić information content (AvgIpc) is 3.07. The van der Waals surface area contributed by atoms with Crippen molar-refractivity contribution in [2.75, 3.05) is 13.1 Å². The van der Waals surface area contributed by atoms with Gasteiger partial charge in [0.05, 0.1) is 10.9 Å². The van der Waals surface area contributed by atoms with E-state index < -0.39 is 15.1 Å². The third-order valence-electron chi connectivity index (χ3n) is 4.82. The summed E-state index contributed by atoms with van der Waals surface area (Å²) < 4.78 is 26.1. The van der Waals surface area contributed by atoms with Crippen LogP contribution in [0.2, 0.25) is 0 Å². The van der Waals surface area contributed by atoms with E-state index in [1.165, 1.54) is 0 Å². The molecule has 0 spiro atoms. The Morgan fingerprint density at radius 3 is 2.33 bits per heavy atom. The van der Waals surface area contributed by atoms with Crippen LogP contribution in [0.5, 0.6) is 0 Å². The van der Waals surface area contributed by atoms with Gasteiger partial charge in [0.15, 0.2) is 9.84 Å². The molecule has 0 saturated carbocycles. The lowest BCUT2D eigenvalue weighted by molar-refractivity contribution is 0.383. The van der Waals surface area contributed by atoms with Crippen molar-refractivity contribution < 1.29 is 8.42 Å². The molecule has 0 N–H and O–H groups in total. The highest BCUT2D eigenvalue weighted by atomic mass is 32.2. The summed E-state index contributed by atoms with van der Waals surface area (Å²) in [6.07, 6.45) is 1.53. The van der Waals surface area contributed by atoms with Crippen LogP contribution in [0.25, 0.3) is 0 Å². The Morgan fingerprint density at radius 1 is 0.958 bits per heavy atom. The summed E-state index contributed by atoms with van der Waals surface area (Å²) in [7, 11) is -3.39. The smallest absolute Gasteiger partial charge is 0.188 e. The van der Waals surface area contributed by atoms with Gasteiger partial charge in [-0.05, 0) is 30.5 Å². The number of hydrogen-bond acceptors (Lipinski definition) is 4. The van der Waals surface area contributed by atoms with Crippen molar-refractivity contribution in [3.63, 3.8) is 0 Å². The number of nitrogens with zero attached hydrogens (tertiary/aromatic N) is 2. The predicted molar refractivity (Wildman–Crippen MR) is 94.8 cm³/mol. The molecule has 2 unspecified atom stereocenters. The molecule has 1 saturated heterocycles. The molecule has 2 aliphatic rings. The third kappa shape index (κ3) is 2.63. The minimum absolute atomic E-state index is 0.0350. The maximum absolute atomic E-state index is 13.1. The van der Waals surface area contributed by atoms with Crippen molar-refractivity contribution in [2.24, 2.45) is 4.99 Å². The van der Waals surface area contributed by atoms with E-state index in [-0.39, 0.29) is 6.04 Å². The first-order chi connectivity index (χ1) is 11.7. The number of rotatable bonds is 3. The minimum atomic E-state index is -3.39. The lowest BCUT2D eigenvalue weighted by Crippen LogP contribution is -2.45. The Bertz CT molecular complexity index is 847. The second kappa shape index (κ2) is 6.06. The zero-order chi connectivity index (χ0) is 16.6. The van der Waals surface area contributed by atoms with Crippen LogP contribution < -0.4 is 0 Å². The van der Waals surface area contributed by atoms with Crippen LogP contribution in [0.4, 0.5) is 0 Å². The van der Waals surface area contributed by atoms with E-state index in [4.69, 9.17) is 4.99 Å². The molecule has 5 heteroatoms. The van der Waals surface area contributed by atoms with Crippen molar-refractivity contribution in [1.29, 1.82) is 0 Å². The van der Waals surface area contributed by atoms with Gasteiger partial charge in [-0.3, -0.25) is 4.99 Å². The number of fused-ring (bicyclic) bond motifs is 1. The van der Waals surface area contributed by atoms with Crippen molar-refractivity contribution in [2.45, 2.75) is 29.0 Å². The van der Waals surface area contributed by atoms with Crippen molar-refractivity contribution in [3.05, 3.63) is 66.2 Å². The number of benzene rings is 2. The maximum atomic E-state index is 13.1. The Balaban J connectivity index is 1.70. The molecule has 24 heavy (non-hydrogen) atoms. The molecule has 0 amide bonds. The Labute approximate surface area is 142 Å². The maximum Gasteiger partial charge on any atom is 0.188 e. The van der Waals surface area contributed by atoms with E-state index in [1.807, 2.05) is 24.3 Å². The van der Waals surface area contributed by atoms with E-state index in [9.17, 15) is 8.42 Å². The fourth-order valence-corrected chi connectivity index (χ4v) is 5.43. The third-order valence-corrected chi connectivity index (χ3v) is 6.94. The van der Waals surface area contributed by atoms with Crippen molar-refractivity contribution in [1.82, 2.24) is 4.90 Å². The molecule has 2 atom stereocenters. The SMILES string of the molecule is O=S(=O)(c1ccccc1)C1CCCN2CC(c3ccccc3)N=C12. The van der Waals surface area contributed by atoms with Gasteiger partial charge < -0.3 is 4.90 Å². The van der Waals surface area contributed by atoms with E-state index in [2.05, 4.69) is 17.0 Å². The number of sulfone groups is 1. The summed E-state index contributed by atoms with van der Waals surface area (Å²) in [5.41, 5.74) is 1.15. The van der Waals surface area contributed by atoms with Crippen LogP contribution in [-0.4, -0.2) is 37.5 Å². The Morgan fingerprint density at radius 2 is 1.62 bits per heavy atom. The van der Waals surface area contributed by atoms with Gasteiger partial charge in [-0.2, -0.15) is 0 Å². The molecule has 2 aliphatic heterocycles. The minimum Gasteiger partial charge on any atom is -0.357 e. The normalized spacial score (nSPS) is 23.7. The molecule has 0 radical (unpaired) electrons. The molecule has 4 rings (SSSR count). The number of piperidine rings is 1. The fraction of sp³-hybridized carbons (Fsp3) is 0.316. The first-order valence-electron chi connectivity index (χ1n) is 8.33. The topological polar surface area (TPSA) is 49.7 Å². The zero-order valence-corrected chi connectivity index (χ0v) is 14.2. The summed E-state index contributed by atoms with van der Waals surface area (Å²) in [5.74, 6) is 0.749. The summed E-state index contributed by atoms with van der Waals surface area (Å²) in [5, 5.41) is -0.526. The van der Waals surface area contributed by atoms with Gasteiger partial charge in [-0.25, -0.2) is 8.42 Å². The molecular formula is C19H20N2O2S. The van der Waals surface area contributed by atoms with E-state index >= 15 is 0 Å². The van der Waals surface area contributed by atoms with Crippen LogP contribution in [0, 0.1) is 0 Å². The predicted octanol–water partition coefficient (Wildman–Crippen LogP) is 3.08. The number of aliphatic imine (C=N–C) groups is 1. The molecule has 2 aromatic carbocycles. The zero-order valence-electron chi connectivity index (χ0n) is 13.4. The molecule has 4 nitrogen and oxygen atoms in total. The van der Waals surface area contributed by atoms with Gasteiger partial charge in [0.25, 0.3) is 0 Å². The van der Waals surface area contributed by atoms with Crippen LogP contribution in [0.3, 0.4) is 0 Å². The Kier molecular flexibility index (Phi) is 3.88. The van der Waals surface area contributed by atoms with E-state index in [1.54, 1.807) is 24.3 Å². The number of amidine groups is 1. The average molecular weight is 340 g/mol. The van der Waals surface area contributed by atoms with E-state index in [0.717, 1.165) is 30.9 Å². The molecule has 124 valence electrons. The summed E-state index contributed by atoms with van der Waals surface area (Å²) in [4.78, 5) is 7.37. The monoisotopic (exact) mass is 340 g/mol. The van der Waals surface area contributed by atoms with Gasteiger partial charge in [-0.1, -0.05) is 48.5 Å². The van der Waals surface area contributed by atoms with E-state index in [0.29, 0.717) is 11.3 Å². The number of hydrogen-bond donors (Lipinski definition) is 0. The van der Waals surface area contributed by atoms with Gasteiger partial charge in [0.1, 0.15) is 11.1 Å². The van der Waals surface area contributed by atoms with Crippen LogP contribution in [0.15, 0.2) is 70.6 Å². The van der Waals surface area contributed by atoms with Gasteiger partial charge >= 0.3 is 0 Å². The van der Waals surface area contributed by atoms with Crippen LogP contribution >= 0.6 is 0 Å². The first kappa shape index (κ1) is 15.4. The van der Waals surface area contributed by atoms with Crippen molar-refractivity contribution in [3.8, 4) is 0 Å². The molecule has 0 aliphatic carbocycles. The second-order valence-electron chi connectivity index (χ2n) is 6.35. The molecule has 0 aromatic heterocycles. The lowest BCUT2D eigenvalue weighted by atomic mass is 10.1. The molecule has 1 fully saturated rings. The van der Waals surface area contributed by atoms with Gasteiger partial charge in [0, 0.05) is 13.1 Å².